The van der Waals surface area contributed by atoms with Crippen LogP contribution in [-0.2, 0) is 11.3 Å². The average molecular weight is 527 g/mol. The maximum atomic E-state index is 12.9. The molecule has 1 saturated heterocycles. The van der Waals surface area contributed by atoms with Crippen molar-refractivity contribution >= 4 is 23.9 Å². The predicted molar refractivity (Wildman–Crippen MR) is 158 cm³/mol. The molecule has 3 aromatic rings. The summed E-state index contributed by atoms with van der Waals surface area (Å²) in [7, 11) is 0. The van der Waals surface area contributed by atoms with E-state index in [1.807, 2.05) is 81.4 Å². The van der Waals surface area contributed by atoms with Gasteiger partial charge in [0.25, 0.3) is 0 Å². The summed E-state index contributed by atoms with van der Waals surface area (Å²) in [5, 5.41) is 0. The second kappa shape index (κ2) is 12.6. The highest BCUT2D eigenvalue weighted by Crippen LogP contribution is 2.27. The van der Waals surface area contributed by atoms with E-state index >= 15 is 0 Å². The van der Waals surface area contributed by atoms with Crippen LogP contribution in [0.2, 0.25) is 0 Å². The predicted octanol–water partition coefficient (Wildman–Crippen LogP) is 7.06. The van der Waals surface area contributed by atoms with Crippen LogP contribution < -0.4 is 14.4 Å². The summed E-state index contributed by atoms with van der Waals surface area (Å²) in [5.41, 5.74) is 3.59. The van der Waals surface area contributed by atoms with E-state index in [1.54, 1.807) is 17.1 Å². The first kappa shape index (κ1) is 27.8. The van der Waals surface area contributed by atoms with Crippen LogP contribution in [0.4, 0.5) is 10.5 Å². The summed E-state index contributed by atoms with van der Waals surface area (Å²) in [6, 6.07) is 24.0. The molecule has 1 aliphatic rings. The van der Waals surface area contributed by atoms with Crippen molar-refractivity contribution in [3.8, 4) is 11.5 Å². The van der Waals surface area contributed by atoms with Gasteiger partial charge in [0.1, 0.15) is 30.3 Å². The van der Waals surface area contributed by atoms with Gasteiger partial charge < -0.3 is 24.0 Å². The van der Waals surface area contributed by atoms with E-state index < -0.39 is 5.60 Å². The maximum Gasteiger partial charge on any atom is 0.410 e. The smallest absolute Gasteiger partial charge is 0.410 e. The topological polar surface area (TPSA) is 51.2 Å². The van der Waals surface area contributed by atoms with Gasteiger partial charge >= 0.3 is 6.09 Å². The highest BCUT2D eigenvalue weighted by molar-refractivity contribution is 5.69. The van der Waals surface area contributed by atoms with Gasteiger partial charge in [-0.25, -0.2) is 4.79 Å². The number of carbonyl (C=O) groups is 1. The van der Waals surface area contributed by atoms with Crippen LogP contribution in [0.3, 0.4) is 0 Å². The molecule has 6 heteroatoms. The Hall–Kier alpha value is -4.19. The molecule has 0 spiro atoms. The van der Waals surface area contributed by atoms with Gasteiger partial charge in [0, 0.05) is 25.3 Å². The molecule has 1 atom stereocenters. The molecule has 0 unspecified atom stereocenters. The van der Waals surface area contributed by atoms with Gasteiger partial charge in [0.2, 0.25) is 0 Å². The van der Waals surface area contributed by atoms with E-state index in [0.29, 0.717) is 32.8 Å². The van der Waals surface area contributed by atoms with Crippen molar-refractivity contribution in [2.45, 2.75) is 39.0 Å². The number of carbonyl (C=O) groups excluding carboxylic acids is 1. The number of hydrogen-bond donors (Lipinski definition) is 0. The van der Waals surface area contributed by atoms with Crippen molar-refractivity contribution < 1.29 is 19.0 Å². The lowest BCUT2D eigenvalue weighted by molar-refractivity contribution is 0.0201. The van der Waals surface area contributed by atoms with Gasteiger partial charge in [0.05, 0.1) is 6.04 Å². The third-order valence-corrected chi connectivity index (χ3v) is 6.49. The minimum atomic E-state index is -0.552. The Bertz CT molecular complexity index is 1270. The fraction of sp³-hybridized carbons (Fsp3) is 0.303. The second-order valence-electron chi connectivity index (χ2n) is 10.6. The van der Waals surface area contributed by atoms with Gasteiger partial charge in [-0.05, 0) is 73.9 Å². The van der Waals surface area contributed by atoms with Crippen LogP contribution in [0, 0.1) is 0 Å². The minimum absolute atomic E-state index is 0.0754. The van der Waals surface area contributed by atoms with Crippen LogP contribution in [0.1, 0.15) is 37.5 Å². The Labute approximate surface area is 232 Å². The van der Waals surface area contributed by atoms with Crippen LogP contribution in [-0.4, -0.2) is 48.9 Å². The first-order valence-electron chi connectivity index (χ1n) is 13.3. The molecule has 1 aliphatic heterocycles. The number of benzene rings is 3. The lowest BCUT2D eigenvalue weighted by Gasteiger charge is -2.42. The normalized spacial score (nSPS) is 15.4. The summed E-state index contributed by atoms with van der Waals surface area (Å²) < 4.78 is 17.9. The summed E-state index contributed by atoms with van der Waals surface area (Å²) in [5.74, 6) is 1.55. The van der Waals surface area contributed by atoms with Crippen molar-refractivity contribution in [1.82, 2.24) is 4.90 Å². The molecule has 0 N–H and O–H groups in total. The van der Waals surface area contributed by atoms with E-state index in [-0.39, 0.29) is 12.1 Å². The highest BCUT2D eigenvalue weighted by Gasteiger charge is 2.32. The molecule has 0 bridgehead atoms. The highest BCUT2D eigenvalue weighted by atomic mass is 16.6. The second-order valence-corrected chi connectivity index (χ2v) is 10.6. The molecule has 0 saturated carbocycles. The number of amides is 1. The zero-order chi connectivity index (χ0) is 27.8. The average Bonchev–Trinajstić information content (AvgIpc) is 2.94. The van der Waals surface area contributed by atoms with E-state index in [4.69, 9.17) is 14.2 Å². The molecular formula is C33H38N2O4. The van der Waals surface area contributed by atoms with Gasteiger partial charge in [-0.1, -0.05) is 61.7 Å². The Morgan fingerprint density at radius 3 is 2.26 bits per heavy atom. The quantitative estimate of drug-likeness (QED) is 0.299. The third-order valence-electron chi connectivity index (χ3n) is 6.49. The summed E-state index contributed by atoms with van der Waals surface area (Å²) >= 11 is 0. The standard InChI is InChI=1S/C33H38N2O4/c1-6-26-13-16-31(21-27(26)7-2)38-24-29-22-34(32(36)39-33(3,4)5)19-20-35(29)28-14-17-30(18-15-28)37-23-25-11-9-8-10-12-25/h6-18,21,29H,1-2,19-20,22-24H2,3-5H3/t29-/m1/s1. The lowest BCUT2D eigenvalue weighted by atomic mass is 10.1. The van der Waals surface area contributed by atoms with Crippen molar-refractivity contribution in [2.24, 2.45) is 0 Å². The molecule has 39 heavy (non-hydrogen) atoms. The zero-order valence-electron chi connectivity index (χ0n) is 23.1. The van der Waals surface area contributed by atoms with E-state index in [0.717, 1.165) is 33.9 Å². The van der Waals surface area contributed by atoms with Crippen molar-refractivity contribution in [3.63, 3.8) is 0 Å². The van der Waals surface area contributed by atoms with Gasteiger partial charge in [-0.2, -0.15) is 0 Å². The molecular weight excluding hydrogens is 488 g/mol. The Balaban J connectivity index is 1.48. The number of ether oxygens (including phenoxy) is 3. The monoisotopic (exact) mass is 526 g/mol. The fourth-order valence-corrected chi connectivity index (χ4v) is 4.50. The number of nitrogens with zero attached hydrogens (tertiary/aromatic N) is 2. The number of anilines is 1. The summed E-state index contributed by atoms with van der Waals surface area (Å²) in [6.45, 7) is 16.0. The molecule has 1 amide bonds. The van der Waals surface area contributed by atoms with Crippen LogP contribution in [0.25, 0.3) is 12.2 Å². The van der Waals surface area contributed by atoms with Crippen LogP contribution in [0.5, 0.6) is 11.5 Å². The first-order valence-corrected chi connectivity index (χ1v) is 13.3. The largest absolute Gasteiger partial charge is 0.491 e. The lowest BCUT2D eigenvalue weighted by Crippen LogP contribution is -2.57. The van der Waals surface area contributed by atoms with Gasteiger partial charge in [-0.3, -0.25) is 0 Å². The molecule has 0 aliphatic carbocycles. The molecule has 4 rings (SSSR count). The third kappa shape index (κ3) is 7.66. The van der Waals surface area contributed by atoms with Crippen LogP contribution in [0.15, 0.2) is 86.0 Å². The summed E-state index contributed by atoms with van der Waals surface area (Å²) in [6.07, 6.45) is 3.29. The number of piperazine rings is 1. The maximum absolute atomic E-state index is 12.9. The SMILES string of the molecule is C=Cc1ccc(OC[C@H]2CN(C(=O)OC(C)(C)C)CCN2c2ccc(OCc3ccccc3)cc2)cc1C=C. The van der Waals surface area contributed by atoms with Crippen molar-refractivity contribution in [1.29, 1.82) is 0 Å². The van der Waals surface area contributed by atoms with E-state index in [2.05, 4.69) is 30.2 Å². The first-order chi connectivity index (χ1) is 18.8. The van der Waals surface area contributed by atoms with Gasteiger partial charge in [-0.15, -0.1) is 0 Å². The Kier molecular flexibility index (Phi) is 8.97. The molecule has 204 valence electrons. The molecule has 6 nitrogen and oxygen atoms in total. The van der Waals surface area contributed by atoms with Crippen LogP contribution >= 0.6 is 0 Å². The molecule has 0 aromatic heterocycles. The van der Waals surface area contributed by atoms with E-state index in [9.17, 15) is 4.79 Å². The molecule has 1 fully saturated rings. The number of rotatable bonds is 9. The van der Waals surface area contributed by atoms with E-state index in [1.165, 1.54) is 0 Å². The molecule has 3 aromatic carbocycles. The minimum Gasteiger partial charge on any atom is -0.491 e. The summed E-state index contributed by atoms with van der Waals surface area (Å²) in [4.78, 5) is 16.9. The van der Waals surface area contributed by atoms with Crippen molar-refractivity contribution in [2.75, 3.05) is 31.1 Å². The molecule has 1 heterocycles. The fourth-order valence-electron chi connectivity index (χ4n) is 4.50. The Morgan fingerprint density at radius 2 is 1.59 bits per heavy atom. The van der Waals surface area contributed by atoms with Gasteiger partial charge in [0.15, 0.2) is 0 Å². The molecule has 0 radical (unpaired) electrons. The van der Waals surface area contributed by atoms with Crippen molar-refractivity contribution in [3.05, 3.63) is 103 Å². The Morgan fingerprint density at radius 1 is 0.897 bits per heavy atom. The number of hydrogen-bond acceptors (Lipinski definition) is 5. The zero-order valence-corrected chi connectivity index (χ0v) is 23.1.